The fraction of sp³-hybridized carbons (Fsp3) is 0.562. The smallest absolute Gasteiger partial charge is 0.222 e. The van der Waals surface area contributed by atoms with Gasteiger partial charge in [0.25, 0.3) is 0 Å². The van der Waals surface area contributed by atoms with Crippen molar-refractivity contribution in [3.8, 4) is 0 Å². The molecule has 1 aromatic rings. The molecule has 1 aliphatic rings. The van der Waals surface area contributed by atoms with E-state index in [2.05, 4.69) is 43.4 Å². The van der Waals surface area contributed by atoms with Crippen LogP contribution in [0.1, 0.15) is 37.8 Å². The number of aryl methyl sites for hydroxylation is 1. The van der Waals surface area contributed by atoms with Crippen LogP contribution >= 0.6 is 0 Å². The second-order valence-corrected chi connectivity index (χ2v) is 5.35. The first kappa shape index (κ1) is 14.1. The molecule has 1 atom stereocenters. The first-order valence-electron chi connectivity index (χ1n) is 7.28. The Morgan fingerprint density at radius 2 is 2.05 bits per heavy atom. The van der Waals surface area contributed by atoms with Gasteiger partial charge < -0.3 is 10.2 Å². The van der Waals surface area contributed by atoms with E-state index < -0.39 is 0 Å². The minimum absolute atomic E-state index is 0.308. The van der Waals surface area contributed by atoms with Crippen LogP contribution in [-0.2, 0) is 17.8 Å². The van der Waals surface area contributed by atoms with Gasteiger partial charge in [-0.05, 0) is 30.9 Å². The molecule has 0 bridgehead atoms. The van der Waals surface area contributed by atoms with Crippen LogP contribution < -0.4 is 5.32 Å². The average molecular weight is 260 g/mol. The van der Waals surface area contributed by atoms with Gasteiger partial charge in [0, 0.05) is 32.1 Å². The monoisotopic (exact) mass is 260 g/mol. The third-order valence-corrected chi connectivity index (χ3v) is 3.81. The molecular formula is C16H24N2O. The summed E-state index contributed by atoms with van der Waals surface area (Å²) in [7, 11) is 0. The maximum absolute atomic E-state index is 11.6. The van der Waals surface area contributed by atoms with Crippen LogP contribution in [0.25, 0.3) is 0 Å². The largest absolute Gasteiger partial charge is 0.341 e. The number of rotatable bonds is 6. The van der Waals surface area contributed by atoms with E-state index in [-0.39, 0.29) is 0 Å². The third-order valence-electron chi connectivity index (χ3n) is 3.81. The lowest BCUT2D eigenvalue weighted by Crippen LogP contribution is -2.39. The van der Waals surface area contributed by atoms with Crippen molar-refractivity contribution >= 4 is 5.91 Å². The molecule has 1 unspecified atom stereocenters. The van der Waals surface area contributed by atoms with Crippen molar-refractivity contribution in [3.63, 3.8) is 0 Å². The molecule has 19 heavy (non-hydrogen) atoms. The van der Waals surface area contributed by atoms with E-state index in [0.29, 0.717) is 11.9 Å². The number of nitrogens with one attached hydrogen (secondary N) is 1. The van der Waals surface area contributed by atoms with Crippen molar-refractivity contribution in [2.75, 3.05) is 13.1 Å². The Hall–Kier alpha value is -1.35. The van der Waals surface area contributed by atoms with Gasteiger partial charge in [-0.3, -0.25) is 4.79 Å². The van der Waals surface area contributed by atoms with E-state index in [4.69, 9.17) is 0 Å². The predicted octanol–water partition coefficient (Wildman–Crippen LogP) is 2.35. The molecule has 1 aliphatic heterocycles. The number of likely N-dealkylation sites (tertiary alicyclic amines) is 1. The minimum atomic E-state index is 0.308. The summed E-state index contributed by atoms with van der Waals surface area (Å²) in [6.07, 6.45) is 2.81. The topological polar surface area (TPSA) is 32.3 Å². The van der Waals surface area contributed by atoms with Gasteiger partial charge in [0.1, 0.15) is 0 Å². The molecule has 0 aliphatic carbocycles. The molecule has 0 radical (unpaired) electrons. The molecule has 1 fully saturated rings. The minimum Gasteiger partial charge on any atom is -0.341 e. The van der Waals surface area contributed by atoms with Gasteiger partial charge in [0.2, 0.25) is 5.91 Å². The molecular weight excluding hydrogens is 236 g/mol. The van der Waals surface area contributed by atoms with Gasteiger partial charge in [-0.15, -0.1) is 0 Å². The molecule has 2 rings (SSSR count). The maximum atomic E-state index is 11.6. The summed E-state index contributed by atoms with van der Waals surface area (Å²) < 4.78 is 0. The van der Waals surface area contributed by atoms with Gasteiger partial charge in [-0.25, -0.2) is 0 Å². The highest BCUT2D eigenvalue weighted by molar-refractivity contribution is 5.78. The van der Waals surface area contributed by atoms with Gasteiger partial charge in [-0.2, -0.15) is 0 Å². The zero-order valence-corrected chi connectivity index (χ0v) is 12.0. The van der Waals surface area contributed by atoms with Crippen molar-refractivity contribution < 1.29 is 4.79 Å². The van der Waals surface area contributed by atoms with Crippen molar-refractivity contribution in [1.29, 1.82) is 0 Å². The maximum Gasteiger partial charge on any atom is 0.222 e. The molecule has 3 heteroatoms. The van der Waals surface area contributed by atoms with Crippen molar-refractivity contribution in [2.45, 2.75) is 45.7 Å². The molecule has 1 aromatic carbocycles. The van der Waals surface area contributed by atoms with Crippen molar-refractivity contribution in [1.82, 2.24) is 10.2 Å². The van der Waals surface area contributed by atoms with Crippen molar-refractivity contribution in [3.05, 3.63) is 35.4 Å². The van der Waals surface area contributed by atoms with Gasteiger partial charge in [-0.1, -0.05) is 31.2 Å². The van der Waals surface area contributed by atoms with Gasteiger partial charge >= 0.3 is 0 Å². The number of carbonyl (C=O) groups excluding carboxylic acids is 1. The Kier molecular flexibility index (Phi) is 4.97. The van der Waals surface area contributed by atoms with E-state index in [0.717, 1.165) is 38.9 Å². The Labute approximate surface area is 116 Å². The molecule has 1 N–H and O–H groups in total. The molecule has 104 valence electrons. The first-order chi connectivity index (χ1) is 9.20. The summed E-state index contributed by atoms with van der Waals surface area (Å²) in [6.45, 7) is 6.97. The number of amides is 1. The third kappa shape index (κ3) is 3.80. The highest BCUT2D eigenvalue weighted by atomic mass is 16.2. The van der Waals surface area contributed by atoms with E-state index in [1.807, 2.05) is 4.90 Å². The summed E-state index contributed by atoms with van der Waals surface area (Å²) >= 11 is 0. The zero-order valence-electron chi connectivity index (χ0n) is 12.0. The van der Waals surface area contributed by atoms with Crippen LogP contribution in [0.4, 0.5) is 0 Å². The molecule has 0 aromatic heterocycles. The Morgan fingerprint density at radius 1 is 1.32 bits per heavy atom. The Morgan fingerprint density at radius 3 is 2.68 bits per heavy atom. The summed E-state index contributed by atoms with van der Waals surface area (Å²) in [5.41, 5.74) is 2.77. The van der Waals surface area contributed by atoms with Gasteiger partial charge in [0.15, 0.2) is 0 Å². The van der Waals surface area contributed by atoms with Crippen LogP contribution in [0.2, 0.25) is 0 Å². The fourth-order valence-electron chi connectivity index (χ4n) is 2.65. The Balaban J connectivity index is 1.82. The Bertz CT molecular complexity index is 431. The molecule has 1 saturated heterocycles. The molecule has 0 spiro atoms. The van der Waals surface area contributed by atoms with E-state index in [9.17, 15) is 4.79 Å². The number of hydrogen-bond acceptors (Lipinski definition) is 2. The normalized spacial score (nSPS) is 16.9. The van der Waals surface area contributed by atoms with E-state index in [1.165, 1.54) is 11.1 Å². The van der Waals surface area contributed by atoms with Crippen LogP contribution in [-0.4, -0.2) is 29.9 Å². The lowest BCUT2D eigenvalue weighted by molar-refractivity contribution is -0.127. The summed E-state index contributed by atoms with van der Waals surface area (Å²) in [4.78, 5) is 13.6. The van der Waals surface area contributed by atoms with Crippen molar-refractivity contribution in [2.24, 2.45) is 0 Å². The van der Waals surface area contributed by atoms with E-state index in [1.54, 1.807) is 0 Å². The molecule has 0 saturated carbocycles. The number of nitrogens with zero attached hydrogens (tertiary/aromatic N) is 1. The highest BCUT2D eigenvalue weighted by Crippen LogP contribution is 2.11. The van der Waals surface area contributed by atoms with Crippen LogP contribution in [0.3, 0.4) is 0 Å². The number of carbonyl (C=O) groups is 1. The summed E-state index contributed by atoms with van der Waals surface area (Å²) in [6, 6.07) is 8.89. The summed E-state index contributed by atoms with van der Waals surface area (Å²) in [5.74, 6) is 0.308. The lowest BCUT2D eigenvalue weighted by atomic mass is 10.1. The lowest BCUT2D eigenvalue weighted by Gasteiger charge is -2.22. The van der Waals surface area contributed by atoms with E-state index >= 15 is 0 Å². The standard InChI is InChI=1S/C16H24N2O/c1-3-14-7-4-5-8-15(14)11-17-13(2)12-18-10-6-9-16(18)19/h4-5,7-8,13,17H,3,6,9-12H2,1-2H3. The molecule has 3 nitrogen and oxygen atoms in total. The zero-order chi connectivity index (χ0) is 13.7. The number of hydrogen-bond donors (Lipinski definition) is 1. The molecule has 1 amide bonds. The summed E-state index contributed by atoms with van der Waals surface area (Å²) in [5, 5.41) is 3.53. The second-order valence-electron chi connectivity index (χ2n) is 5.35. The van der Waals surface area contributed by atoms with Crippen LogP contribution in [0.15, 0.2) is 24.3 Å². The number of benzene rings is 1. The predicted molar refractivity (Wildman–Crippen MR) is 77.9 cm³/mol. The molecule has 1 heterocycles. The van der Waals surface area contributed by atoms with Gasteiger partial charge in [0.05, 0.1) is 0 Å². The van der Waals surface area contributed by atoms with Crippen LogP contribution in [0.5, 0.6) is 0 Å². The fourth-order valence-corrected chi connectivity index (χ4v) is 2.65. The second kappa shape index (κ2) is 6.71. The quantitative estimate of drug-likeness (QED) is 0.851. The SMILES string of the molecule is CCc1ccccc1CNC(C)CN1CCCC1=O. The highest BCUT2D eigenvalue weighted by Gasteiger charge is 2.21. The van der Waals surface area contributed by atoms with Crippen LogP contribution in [0, 0.1) is 0 Å². The average Bonchev–Trinajstić information content (AvgIpc) is 2.82. The first-order valence-corrected chi connectivity index (χ1v) is 7.28.